The number of pyridine rings is 1. The first kappa shape index (κ1) is 17.0. The molecule has 27 heavy (non-hydrogen) atoms. The molecular formula is C19H19N5O3. The summed E-state index contributed by atoms with van der Waals surface area (Å²) in [5, 5.41) is 7.99. The normalized spacial score (nSPS) is 11.5. The van der Waals surface area contributed by atoms with E-state index in [1.807, 2.05) is 30.7 Å². The number of nitrogens with one attached hydrogen (secondary N) is 1. The highest BCUT2D eigenvalue weighted by atomic mass is 16.4. The molecule has 3 aromatic heterocycles. The molecule has 0 saturated carbocycles. The Kier molecular flexibility index (Phi) is 4.23. The molecule has 4 aromatic rings. The number of oxazole rings is 1. The fraction of sp³-hybridized carbons (Fsp3) is 0.263. The van der Waals surface area contributed by atoms with Crippen molar-refractivity contribution in [3.63, 3.8) is 0 Å². The highest BCUT2D eigenvalue weighted by Gasteiger charge is 2.12. The van der Waals surface area contributed by atoms with Crippen LogP contribution in [0.15, 0.2) is 51.9 Å². The summed E-state index contributed by atoms with van der Waals surface area (Å²) < 4.78 is 8.47. The van der Waals surface area contributed by atoms with E-state index in [4.69, 9.17) is 4.42 Å². The molecule has 0 unspecified atom stereocenters. The molecule has 1 amide bonds. The molecule has 0 bridgehead atoms. The number of benzene rings is 1. The summed E-state index contributed by atoms with van der Waals surface area (Å²) in [4.78, 5) is 28.7. The topological polar surface area (TPSA) is 95.0 Å². The van der Waals surface area contributed by atoms with Crippen LogP contribution in [0.3, 0.4) is 0 Å². The Morgan fingerprint density at radius 3 is 2.89 bits per heavy atom. The highest BCUT2D eigenvalue weighted by molar-refractivity contribution is 5.92. The average Bonchev–Trinajstić information content (AvgIpc) is 3.20. The number of amides is 1. The maximum absolute atomic E-state index is 12.3. The van der Waals surface area contributed by atoms with Gasteiger partial charge in [0.1, 0.15) is 0 Å². The Labute approximate surface area is 154 Å². The van der Waals surface area contributed by atoms with Crippen molar-refractivity contribution < 1.29 is 9.21 Å². The molecule has 0 spiro atoms. The van der Waals surface area contributed by atoms with Crippen LogP contribution < -0.4 is 11.1 Å². The van der Waals surface area contributed by atoms with E-state index in [-0.39, 0.29) is 24.9 Å². The van der Waals surface area contributed by atoms with Crippen molar-refractivity contribution in [3.05, 3.63) is 53.3 Å². The maximum atomic E-state index is 12.3. The van der Waals surface area contributed by atoms with Gasteiger partial charge in [-0.25, -0.2) is 14.5 Å². The lowest BCUT2D eigenvalue weighted by Crippen LogP contribution is -2.19. The number of carbonyl (C=O) groups excluding carboxylic acids is 1. The smallest absolute Gasteiger partial charge is 0.408 e. The van der Waals surface area contributed by atoms with Crippen LogP contribution in [0.5, 0.6) is 0 Å². The number of aromatic nitrogens is 4. The summed E-state index contributed by atoms with van der Waals surface area (Å²) in [6, 6.07) is 9.19. The van der Waals surface area contributed by atoms with E-state index in [1.165, 1.54) is 4.57 Å². The van der Waals surface area contributed by atoms with Gasteiger partial charge in [-0.1, -0.05) is 12.1 Å². The highest BCUT2D eigenvalue weighted by Crippen LogP contribution is 2.19. The summed E-state index contributed by atoms with van der Waals surface area (Å²) in [7, 11) is 0. The van der Waals surface area contributed by atoms with Crippen molar-refractivity contribution in [2.45, 2.75) is 32.9 Å². The van der Waals surface area contributed by atoms with E-state index in [1.54, 1.807) is 30.6 Å². The summed E-state index contributed by atoms with van der Waals surface area (Å²) in [5.41, 5.74) is 2.57. The van der Waals surface area contributed by atoms with Crippen LogP contribution in [0.2, 0.25) is 0 Å². The van der Waals surface area contributed by atoms with Gasteiger partial charge >= 0.3 is 5.76 Å². The van der Waals surface area contributed by atoms with Crippen LogP contribution in [0.1, 0.15) is 26.3 Å². The minimum atomic E-state index is -0.465. The molecule has 1 aromatic carbocycles. The molecule has 0 aliphatic heterocycles. The van der Waals surface area contributed by atoms with E-state index in [0.717, 1.165) is 11.0 Å². The zero-order chi connectivity index (χ0) is 19.0. The molecule has 0 fully saturated rings. The van der Waals surface area contributed by atoms with Gasteiger partial charge in [-0.2, -0.15) is 5.10 Å². The SMILES string of the molecule is CC(C)n1ncc2cc(NC(=O)CCn3c(=O)oc4ccccc43)cnc21. The summed E-state index contributed by atoms with van der Waals surface area (Å²) in [6.45, 7) is 4.30. The fourth-order valence-electron chi connectivity index (χ4n) is 3.05. The number of carbonyl (C=O) groups is 1. The van der Waals surface area contributed by atoms with Crippen molar-refractivity contribution in [2.24, 2.45) is 0 Å². The van der Waals surface area contributed by atoms with E-state index < -0.39 is 5.76 Å². The number of aryl methyl sites for hydroxylation is 1. The Morgan fingerprint density at radius 2 is 2.07 bits per heavy atom. The fourth-order valence-corrected chi connectivity index (χ4v) is 3.05. The molecule has 0 atom stereocenters. The van der Waals surface area contributed by atoms with Crippen molar-refractivity contribution in [1.82, 2.24) is 19.3 Å². The van der Waals surface area contributed by atoms with Gasteiger partial charge in [0, 0.05) is 24.4 Å². The Hall–Kier alpha value is -3.42. The van der Waals surface area contributed by atoms with Gasteiger partial charge in [0.2, 0.25) is 5.91 Å². The largest absolute Gasteiger partial charge is 0.419 e. The number of nitrogens with zero attached hydrogens (tertiary/aromatic N) is 4. The van der Waals surface area contributed by atoms with E-state index in [0.29, 0.717) is 16.8 Å². The second-order valence-electron chi connectivity index (χ2n) is 6.61. The molecule has 3 heterocycles. The summed E-state index contributed by atoms with van der Waals surface area (Å²) >= 11 is 0. The molecule has 0 radical (unpaired) electrons. The van der Waals surface area contributed by atoms with Crippen LogP contribution in [-0.4, -0.2) is 25.2 Å². The second kappa shape index (κ2) is 6.71. The standard InChI is InChI=1S/C19H19N5O3/c1-12(2)24-18-13(10-21-24)9-14(11-20-18)22-17(25)7-8-23-15-5-3-4-6-16(15)27-19(23)26/h3-6,9-12H,7-8H2,1-2H3,(H,22,25). The van der Waals surface area contributed by atoms with Gasteiger partial charge in [-0.15, -0.1) is 0 Å². The molecule has 8 nitrogen and oxygen atoms in total. The zero-order valence-electron chi connectivity index (χ0n) is 15.0. The number of hydrogen-bond donors (Lipinski definition) is 1. The number of para-hydroxylation sites is 2. The van der Waals surface area contributed by atoms with Crippen LogP contribution in [0.25, 0.3) is 22.1 Å². The number of hydrogen-bond acceptors (Lipinski definition) is 5. The quantitative estimate of drug-likeness (QED) is 0.587. The van der Waals surface area contributed by atoms with Crippen LogP contribution in [0.4, 0.5) is 5.69 Å². The van der Waals surface area contributed by atoms with E-state index in [9.17, 15) is 9.59 Å². The van der Waals surface area contributed by atoms with Crippen molar-refractivity contribution >= 4 is 33.7 Å². The van der Waals surface area contributed by atoms with Crippen molar-refractivity contribution in [1.29, 1.82) is 0 Å². The molecule has 8 heteroatoms. The van der Waals surface area contributed by atoms with Gasteiger partial charge < -0.3 is 9.73 Å². The molecule has 0 saturated heterocycles. The molecule has 0 aliphatic rings. The van der Waals surface area contributed by atoms with Crippen molar-refractivity contribution in [3.8, 4) is 0 Å². The molecular weight excluding hydrogens is 346 g/mol. The lowest BCUT2D eigenvalue weighted by molar-refractivity contribution is -0.116. The Balaban J connectivity index is 1.47. The summed E-state index contributed by atoms with van der Waals surface area (Å²) in [5.74, 6) is -0.669. The molecule has 138 valence electrons. The molecule has 1 N–H and O–H groups in total. The lowest BCUT2D eigenvalue weighted by Gasteiger charge is -2.08. The number of fused-ring (bicyclic) bond motifs is 2. The lowest BCUT2D eigenvalue weighted by atomic mass is 10.3. The first-order chi connectivity index (χ1) is 13.0. The molecule has 4 rings (SSSR count). The van der Waals surface area contributed by atoms with E-state index in [2.05, 4.69) is 15.4 Å². The van der Waals surface area contributed by atoms with Crippen LogP contribution in [-0.2, 0) is 11.3 Å². The minimum absolute atomic E-state index is 0.146. The van der Waals surface area contributed by atoms with Crippen LogP contribution >= 0.6 is 0 Å². The predicted octanol–water partition coefficient (Wildman–Crippen LogP) is 2.95. The second-order valence-corrected chi connectivity index (χ2v) is 6.61. The monoisotopic (exact) mass is 365 g/mol. The minimum Gasteiger partial charge on any atom is -0.408 e. The van der Waals surface area contributed by atoms with Crippen molar-refractivity contribution in [2.75, 3.05) is 5.32 Å². The van der Waals surface area contributed by atoms with Crippen LogP contribution in [0, 0.1) is 0 Å². The Morgan fingerprint density at radius 1 is 1.26 bits per heavy atom. The third-order valence-electron chi connectivity index (χ3n) is 4.34. The van der Waals surface area contributed by atoms with Gasteiger partial charge in [0.25, 0.3) is 0 Å². The predicted molar refractivity (Wildman–Crippen MR) is 102 cm³/mol. The number of rotatable bonds is 5. The van der Waals surface area contributed by atoms with E-state index >= 15 is 0 Å². The summed E-state index contributed by atoms with van der Waals surface area (Å²) in [6.07, 6.45) is 3.49. The maximum Gasteiger partial charge on any atom is 0.419 e. The van der Waals surface area contributed by atoms with Gasteiger partial charge in [-0.05, 0) is 32.0 Å². The van der Waals surface area contributed by atoms with Gasteiger partial charge in [0.15, 0.2) is 11.2 Å². The Bertz CT molecular complexity index is 1180. The molecule has 0 aliphatic carbocycles. The third-order valence-corrected chi connectivity index (χ3v) is 4.34. The third kappa shape index (κ3) is 3.21. The first-order valence-corrected chi connectivity index (χ1v) is 8.74. The van der Waals surface area contributed by atoms with Gasteiger partial charge in [0.05, 0.1) is 23.6 Å². The first-order valence-electron chi connectivity index (χ1n) is 8.74. The average molecular weight is 365 g/mol. The number of anilines is 1. The van der Waals surface area contributed by atoms with Gasteiger partial charge in [-0.3, -0.25) is 9.36 Å². The zero-order valence-corrected chi connectivity index (χ0v) is 15.0.